The van der Waals surface area contributed by atoms with Crippen molar-refractivity contribution in [2.24, 2.45) is 0 Å². The van der Waals surface area contributed by atoms with Crippen LogP contribution in [0.5, 0.6) is 0 Å². The Bertz CT molecular complexity index is 912. The Kier molecular flexibility index (Phi) is 5.03. The highest BCUT2D eigenvalue weighted by atomic mass is 79.9. The second kappa shape index (κ2) is 7.23. The van der Waals surface area contributed by atoms with Crippen molar-refractivity contribution in [2.45, 2.75) is 33.9 Å². The van der Waals surface area contributed by atoms with Crippen molar-refractivity contribution >= 4 is 27.5 Å². The van der Waals surface area contributed by atoms with E-state index in [9.17, 15) is 4.79 Å². The zero-order valence-corrected chi connectivity index (χ0v) is 16.0. The molecule has 25 heavy (non-hydrogen) atoms. The predicted octanol–water partition coefficient (Wildman–Crippen LogP) is 3.45. The number of aromatic nitrogens is 4. The van der Waals surface area contributed by atoms with Crippen LogP contribution < -0.4 is 5.32 Å². The van der Waals surface area contributed by atoms with Crippen LogP contribution in [-0.2, 0) is 17.9 Å². The zero-order valence-electron chi connectivity index (χ0n) is 14.5. The molecular formula is C18H20BrN5O. The third-order valence-corrected chi connectivity index (χ3v) is 5.24. The van der Waals surface area contributed by atoms with Crippen LogP contribution in [0.1, 0.15) is 22.5 Å². The van der Waals surface area contributed by atoms with Crippen LogP contribution >= 0.6 is 15.9 Å². The van der Waals surface area contributed by atoms with Gasteiger partial charge in [0, 0.05) is 6.20 Å². The number of amides is 1. The highest BCUT2D eigenvalue weighted by Gasteiger charge is 2.12. The van der Waals surface area contributed by atoms with E-state index in [1.165, 1.54) is 11.1 Å². The van der Waals surface area contributed by atoms with Crippen LogP contribution in [0, 0.1) is 20.8 Å². The SMILES string of the molecule is Cc1ccccc1Cn1cc(NC(=O)Cn2nc(C)c(Br)c2C)cn1. The van der Waals surface area contributed by atoms with Crippen LogP contribution in [0.3, 0.4) is 0 Å². The van der Waals surface area contributed by atoms with Gasteiger partial charge in [0.2, 0.25) is 5.91 Å². The first-order valence-corrected chi connectivity index (χ1v) is 8.79. The third kappa shape index (κ3) is 3.99. The Hall–Kier alpha value is -2.41. The molecular weight excluding hydrogens is 382 g/mol. The number of anilines is 1. The summed E-state index contributed by atoms with van der Waals surface area (Å²) < 4.78 is 4.44. The minimum absolute atomic E-state index is 0.131. The molecule has 1 aromatic carbocycles. The maximum Gasteiger partial charge on any atom is 0.246 e. The molecule has 0 aliphatic carbocycles. The first-order valence-electron chi connectivity index (χ1n) is 8.00. The van der Waals surface area contributed by atoms with E-state index in [-0.39, 0.29) is 12.5 Å². The fourth-order valence-electron chi connectivity index (χ4n) is 2.64. The normalized spacial score (nSPS) is 10.9. The smallest absolute Gasteiger partial charge is 0.246 e. The molecule has 0 atom stereocenters. The van der Waals surface area contributed by atoms with Gasteiger partial charge < -0.3 is 5.32 Å². The van der Waals surface area contributed by atoms with Gasteiger partial charge in [0.15, 0.2) is 0 Å². The summed E-state index contributed by atoms with van der Waals surface area (Å²) in [6, 6.07) is 8.19. The third-order valence-electron chi connectivity index (χ3n) is 4.10. The molecule has 1 N–H and O–H groups in total. The average molecular weight is 402 g/mol. The van der Waals surface area contributed by atoms with E-state index in [1.807, 2.05) is 36.9 Å². The van der Waals surface area contributed by atoms with Crippen LogP contribution in [0.4, 0.5) is 5.69 Å². The average Bonchev–Trinajstić information content (AvgIpc) is 3.10. The van der Waals surface area contributed by atoms with Gasteiger partial charge in [0.25, 0.3) is 0 Å². The summed E-state index contributed by atoms with van der Waals surface area (Å²) in [4.78, 5) is 12.3. The largest absolute Gasteiger partial charge is 0.322 e. The van der Waals surface area contributed by atoms with Crippen molar-refractivity contribution in [2.75, 3.05) is 5.32 Å². The molecule has 130 valence electrons. The van der Waals surface area contributed by atoms with Crippen molar-refractivity contribution in [3.8, 4) is 0 Å². The van der Waals surface area contributed by atoms with E-state index in [0.29, 0.717) is 12.2 Å². The van der Waals surface area contributed by atoms with E-state index in [2.05, 4.69) is 50.5 Å². The van der Waals surface area contributed by atoms with Crippen LogP contribution in [0.15, 0.2) is 41.1 Å². The van der Waals surface area contributed by atoms with Crippen molar-refractivity contribution in [3.63, 3.8) is 0 Å². The number of hydrogen-bond acceptors (Lipinski definition) is 3. The van der Waals surface area contributed by atoms with Crippen molar-refractivity contribution < 1.29 is 4.79 Å². The Morgan fingerprint density at radius 2 is 2.00 bits per heavy atom. The van der Waals surface area contributed by atoms with Crippen LogP contribution in [0.2, 0.25) is 0 Å². The summed E-state index contributed by atoms with van der Waals surface area (Å²) in [6.45, 7) is 6.75. The Morgan fingerprint density at radius 3 is 2.68 bits per heavy atom. The molecule has 0 unspecified atom stereocenters. The van der Waals surface area contributed by atoms with Gasteiger partial charge in [-0.25, -0.2) is 0 Å². The molecule has 0 fully saturated rings. The summed E-state index contributed by atoms with van der Waals surface area (Å²) in [5, 5.41) is 11.5. The number of hydrogen-bond donors (Lipinski definition) is 1. The molecule has 0 bridgehead atoms. The first kappa shape index (κ1) is 17.4. The van der Waals surface area contributed by atoms with E-state index in [1.54, 1.807) is 10.9 Å². The fourth-order valence-corrected chi connectivity index (χ4v) is 2.93. The van der Waals surface area contributed by atoms with Gasteiger partial charge in [-0.15, -0.1) is 0 Å². The van der Waals surface area contributed by atoms with Gasteiger partial charge in [-0.05, 0) is 47.8 Å². The standard InChI is InChI=1S/C18H20BrN5O/c1-12-6-4-5-7-15(12)9-23-10-16(8-20-23)21-17(25)11-24-14(3)18(19)13(2)22-24/h4-8,10H,9,11H2,1-3H3,(H,21,25). The molecule has 0 aliphatic heterocycles. The lowest BCUT2D eigenvalue weighted by atomic mass is 10.1. The molecule has 7 heteroatoms. The van der Waals surface area contributed by atoms with Crippen LogP contribution in [0.25, 0.3) is 0 Å². The number of carbonyl (C=O) groups is 1. The lowest BCUT2D eigenvalue weighted by Gasteiger charge is -2.06. The second-order valence-electron chi connectivity index (χ2n) is 6.04. The highest BCUT2D eigenvalue weighted by molar-refractivity contribution is 9.10. The predicted molar refractivity (Wildman–Crippen MR) is 101 cm³/mol. The van der Waals surface area contributed by atoms with Crippen molar-refractivity contribution in [3.05, 3.63) is 63.6 Å². The van der Waals surface area contributed by atoms with E-state index >= 15 is 0 Å². The van der Waals surface area contributed by atoms with Gasteiger partial charge in [-0.3, -0.25) is 14.2 Å². The van der Waals surface area contributed by atoms with Gasteiger partial charge in [-0.1, -0.05) is 24.3 Å². The molecule has 1 amide bonds. The van der Waals surface area contributed by atoms with Gasteiger partial charge in [0.1, 0.15) is 6.54 Å². The lowest BCUT2D eigenvalue weighted by Crippen LogP contribution is -2.20. The van der Waals surface area contributed by atoms with Crippen LogP contribution in [-0.4, -0.2) is 25.5 Å². The maximum atomic E-state index is 12.3. The van der Waals surface area contributed by atoms with Gasteiger partial charge in [-0.2, -0.15) is 10.2 Å². The van der Waals surface area contributed by atoms with Crippen molar-refractivity contribution in [1.29, 1.82) is 0 Å². The zero-order chi connectivity index (χ0) is 18.0. The van der Waals surface area contributed by atoms with E-state index in [0.717, 1.165) is 15.9 Å². The molecule has 3 aromatic rings. The number of halogens is 1. The fraction of sp³-hybridized carbons (Fsp3) is 0.278. The number of nitrogens with one attached hydrogen (secondary N) is 1. The molecule has 2 aromatic heterocycles. The highest BCUT2D eigenvalue weighted by Crippen LogP contribution is 2.19. The summed E-state index contributed by atoms with van der Waals surface area (Å²) in [5.74, 6) is -0.131. The van der Waals surface area contributed by atoms with E-state index in [4.69, 9.17) is 0 Å². The molecule has 0 saturated heterocycles. The molecule has 3 rings (SSSR count). The van der Waals surface area contributed by atoms with Crippen molar-refractivity contribution in [1.82, 2.24) is 19.6 Å². The minimum atomic E-state index is -0.131. The molecule has 0 aliphatic rings. The molecule has 6 nitrogen and oxygen atoms in total. The summed E-state index contributed by atoms with van der Waals surface area (Å²) in [5.41, 5.74) is 4.91. The number of nitrogens with zero attached hydrogens (tertiary/aromatic N) is 4. The second-order valence-corrected chi connectivity index (χ2v) is 6.84. The first-order chi connectivity index (χ1) is 11.9. The van der Waals surface area contributed by atoms with E-state index < -0.39 is 0 Å². The van der Waals surface area contributed by atoms with Gasteiger partial charge >= 0.3 is 0 Å². The molecule has 0 radical (unpaired) electrons. The molecule has 2 heterocycles. The Balaban J connectivity index is 1.64. The number of carbonyl (C=O) groups excluding carboxylic acids is 1. The summed E-state index contributed by atoms with van der Waals surface area (Å²) in [6.07, 6.45) is 3.49. The summed E-state index contributed by atoms with van der Waals surface area (Å²) >= 11 is 3.47. The number of benzene rings is 1. The quantitative estimate of drug-likeness (QED) is 0.711. The molecule has 0 saturated carbocycles. The van der Waals surface area contributed by atoms with Gasteiger partial charge in [0.05, 0.1) is 34.3 Å². The Morgan fingerprint density at radius 1 is 1.24 bits per heavy atom. The monoisotopic (exact) mass is 401 g/mol. The maximum absolute atomic E-state index is 12.3. The lowest BCUT2D eigenvalue weighted by molar-refractivity contribution is -0.116. The summed E-state index contributed by atoms with van der Waals surface area (Å²) in [7, 11) is 0. The number of aryl methyl sites for hydroxylation is 2. The number of rotatable bonds is 5. The topological polar surface area (TPSA) is 64.7 Å². The Labute approximate surface area is 155 Å². The molecule has 0 spiro atoms. The minimum Gasteiger partial charge on any atom is -0.322 e.